The third-order valence-electron chi connectivity index (χ3n) is 2.95. The Labute approximate surface area is 119 Å². The predicted molar refractivity (Wildman–Crippen MR) is 77.0 cm³/mol. The van der Waals surface area contributed by atoms with Crippen molar-refractivity contribution in [2.24, 2.45) is 0 Å². The van der Waals surface area contributed by atoms with Crippen LogP contribution in [-0.2, 0) is 4.74 Å². The van der Waals surface area contributed by atoms with Crippen LogP contribution < -0.4 is 0 Å². The average molecular weight is 318 g/mol. The van der Waals surface area contributed by atoms with E-state index >= 15 is 0 Å². The number of hydrogen-bond acceptors (Lipinski definition) is 3. The number of ether oxygens (including phenoxy) is 1. The van der Waals surface area contributed by atoms with Crippen LogP contribution >= 0.6 is 15.9 Å². The van der Waals surface area contributed by atoms with Gasteiger partial charge in [-0.25, -0.2) is 4.98 Å². The first-order chi connectivity index (χ1) is 9.29. The number of rotatable bonds is 3. The molecule has 0 saturated carbocycles. The van der Waals surface area contributed by atoms with Gasteiger partial charge in [0.25, 0.3) is 0 Å². The van der Waals surface area contributed by atoms with Crippen molar-refractivity contribution in [2.45, 2.75) is 6.10 Å². The lowest BCUT2D eigenvalue weighted by Gasteiger charge is -2.11. The quantitative estimate of drug-likeness (QED) is 0.721. The molecule has 0 N–H and O–H groups in total. The molecule has 1 atom stereocenters. The molecule has 19 heavy (non-hydrogen) atoms. The summed E-state index contributed by atoms with van der Waals surface area (Å²) in [5.74, 6) is 0.565. The number of hydrogen-bond donors (Lipinski definition) is 0. The number of halogens is 1. The number of benzene rings is 2. The molecule has 3 rings (SSSR count). The van der Waals surface area contributed by atoms with E-state index in [2.05, 4.69) is 20.9 Å². The molecular weight excluding hydrogens is 306 g/mol. The summed E-state index contributed by atoms with van der Waals surface area (Å²) in [6, 6.07) is 15.7. The van der Waals surface area contributed by atoms with E-state index in [1.165, 1.54) is 0 Å². The molecule has 3 aromatic rings. The van der Waals surface area contributed by atoms with Gasteiger partial charge >= 0.3 is 0 Å². The van der Waals surface area contributed by atoms with Gasteiger partial charge in [-0.05, 0) is 33.6 Å². The van der Waals surface area contributed by atoms with Gasteiger partial charge in [0, 0.05) is 7.11 Å². The normalized spacial score (nSPS) is 12.7. The van der Waals surface area contributed by atoms with Crippen LogP contribution in [0.4, 0.5) is 0 Å². The van der Waals surface area contributed by atoms with Gasteiger partial charge in [-0.3, -0.25) is 0 Å². The number of para-hydroxylation sites is 1. The standard InChI is InChI=1S/C15H12BrNO2/c1-18-13(10-6-3-2-4-7-10)15-17-12-9-5-8-11(16)14(12)19-15/h2-9,13H,1H3. The summed E-state index contributed by atoms with van der Waals surface area (Å²) < 4.78 is 12.2. The molecule has 2 aromatic carbocycles. The highest BCUT2D eigenvalue weighted by atomic mass is 79.9. The molecule has 3 nitrogen and oxygen atoms in total. The minimum absolute atomic E-state index is 0.291. The SMILES string of the molecule is COC(c1ccccc1)c1nc2cccc(Br)c2o1. The van der Waals surface area contributed by atoms with Crippen molar-refractivity contribution in [3.05, 3.63) is 64.5 Å². The van der Waals surface area contributed by atoms with Crippen molar-refractivity contribution in [1.29, 1.82) is 0 Å². The number of oxazole rings is 1. The molecule has 0 saturated heterocycles. The highest BCUT2D eigenvalue weighted by molar-refractivity contribution is 9.10. The minimum atomic E-state index is -0.291. The number of methoxy groups -OCH3 is 1. The molecular formula is C15H12BrNO2. The van der Waals surface area contributed by atoms with Crippen molar-refractivity contribution in [1.82, 2.24) is 4.98 Å². The van der Waals surface area contributed by atoms with E-state index in [1.807, 2.05) is 48.5 Å². The van der Waals surface area contributed by atoms with Crippen LogP contribution in [0.25, 0.3) is 11.1 Å². The lowest BCUT2D eigenvalue weighted by molar-refractivity contribution is 0.113. The Morgan fingerprint density at radius 2 is 1.89 bits per heavy atom. The zero-order valence-electron chi connectivity index (χ0n) is 10.3. The second-order valence-electron chi connectivity index (χ2n) is 4.17. The summed E-state index contributed by atoms with van der Waals surface area (Å²) in [6.07, 6.45) is -0.291. The summed E-state index contributed by atoms with van der Waals surface area (Å²) in [7, 11) is 1.65. The van der Waals surface area contributed by atoms with Gasteiger partial charge in [0.2, 0.25) is 5.89 Å². The van der Waals surface area contributed by atoms with E-state index in [9.17, 15) is 0 Å². The minimum Gasteiger partial charge on any atom is -0.436 e. The smallest absolute Gasteiger partial charge is 0.229 e. The molecule has 0 radical (unpaired) electrons. The van der Waals surface area contributed by atoms with Crippen molar-refractivity contribution >= 4 is 27.0 Å². The van der Waals surface area contributed by atoms with Gasteiger partial charge < -0.3 is 9.15 Å². The third kappa shape index (κ3) is 2.29. The molecule has 96 valence electrons. The van der Waals surface area contributed by atoms with Crippen LogP contribution in [0, 0.1) is 0 Å². The fraction of sp³-hybridized carbons (Fsp3) is 0.133. The Hall–Kier alpha value is -1.65. The Balaban J connectivity index is 2.09. The Morgan fingerprint density at radius 3 is 2.58 bits per heavy atom. The van der Waals surface area contributed by atoms with Gasteiger partial charge in [-0.1, -0.05) is 36.4 Å². The fourth-order valence-corrected chi connectivity index (χ4v) is 2.49. The first-order valence-electron chi connectivity index (χ1n) is 5.92. The maximum Gasteiger partial charge on any atom is 0.229 e. The second kappa shape index (κ2) is 5.15. The third-order valence-corrected chi connectivity index (χ3v) is 3.57. The Bertz CT molecular complexity index is 694. The van der Waals surface area contributed by atoms with E-state index in [0.29, 0.717) is 5.89 Å². The van der Waals surface area contributed by atoms with Gasteiger partial charge in [0.15, 0.2) is 11.7 Å². The number of aromatic nitrogens is 1. The Morgan fingerprint density at radius 1 is 1.11 bits per heavy atom. The maximum absolute atomic E-state index is 5.82. The molecule has 0 spiro atoms. The molecule has 1 unspecified atom stereocenters. The van der Waals surface area contributed by atoms with Crippen molar-refractivity contribution in [2.75, 3.05) is 7.11 Å². The van der Waals surface area contributed by atoms with Gasteiger partial charge in [0.1, 0.15) is 5.52 Å². The molecule has 4 heteroatoms. The Kier molecular flexibility index (Phi) is 3.36. The highest BCUT2D eigenvalue weighted by Gasteiger charge is 2.20. The van der Waals surface area contributed by atoms with Gasteiger partial charge in [-0.2, -0.15) is 0 Å². The predicted octanol–water partition coefficient (Wildman–Crippen LogP) is 4.33. The van der Waals surface area contributed by atoms with Crippen LogP contribution in [0.3, 0.4) is 0 Å². The summed E-state index contributed by atoms with van der Waals surface area (Å²) in [5.41, 5.74) is 2.59. The molecule has 0 fully saturated rings. The number of fused-ring (bicyclic) bond motifs is 1. The molecule has 0 bridgehead atoms. The molecule has 0 aliphatic heterocycles. The average Bonchev–Trinajstić information content (AvgIpc) is 2.86. The largest absolute Gasteiger partial charge is 0.436 e. The molecule has 1 heterocycles. The second-order valence-corrected chi connectivity index (χ2v) is 5.02. The molecule has 0 aliphatic rings. The van der Waals surface area contributed by atoms with Crippen molar-refractivity contribution in [3.8, 4) is 0 Å². The van der Waals surface area contributed by atoms with Crippen molar-refractivity contribution in [3.63, 3.8) is 0 Å². The lowest BCUT2D eigenvalue weighted by atomic mass is 10.1. The van der Waals surface area contributed by atoms with Gasteiger partial charge in [0.05, 0.1) is 4.47 Å². The number of nitrogens with zero attached hydrogens (tertiary/aromatic N) is 1. The van der Waals surface area contributed by atoms with Gasteiger partial charge in [-0.15, -0.1) is 0 Å². The van der Waals surface area contributed by atoms with E-state index in [1.54, 1.807) is 7.11 Å². The van der Waals surface area contributed by atoms with Crippen LogP contribution in [0.15, 0.2) is 57.4 Å². The summed E-state index contributed by atoms with van der Waals surface area (Å²) in [5, 5.41) is 0. The summed E-state index contributed by atoms with van der Waals surface area (Å²) in [4.78, 5) is 4.50. The van der Waals surface area contributed by atoms with Crippen molar-refractivity contribution < 1.29 is 9.15 Å². The van der Waals surface area contributed by atoms with E-state index < -0.39 is 0 Å². The molecule has 1 aromatic heterocycles. The molecule has 0 aliphatic carbocycles. The first-order valence-corrected chi connectivity index (χ1v) is 6.71. The van der Waals surface area contributed by atoms with Crippen LogP contribution in [0.5, 0.6) is 0 Å². The zero-order valence-corrected chi connectivity index (χ0v) is 11.9. The highest BCUT2D eigenvalue weighted by Crippen LogP contribution is 2.30. The van der Waals surface area contributed by atoms with Crippen LogP contribution in [0.2, 0.25) is 0 Å². The zero-order chi connectivity index (χ0) is 13.2. The lowest BCUT2D eigenvalue weighted by Crippen LogP contribution is -2.03. The van der Waals surface area contributed by atoms with Crippen LogP contribution in [-0.4, -0.2) is 12.1 Å². The first kappa shape index (κ1) is 12.4. The van der Waals surface area contributed by atoms with E-state index in [4.69, 9.17) is 9.15 Å². The van der Waals surface area contributed by atoms with E-state index in [-0.39, 0.29) is 6.10 Å². The monoisotopic (exact) mass is 317 g/mol. The topological polar surface area (TPSA) is 35.3 Å². The summed E-state index contributed by atoms with van der Waals surface area (Å²) >= 11 is 3.46. The summed E-state index contributed by atoms with van der Waals surface area (Å²) in [6.45, 7) is 0. The molecule has 0 amide bonds. The van der Waals surface area contributed by atoms with Crippen LogP contribution in [0.1, 0.15) is 17.6 Å². The van der Waals surface area contributed by atoms with E-state index in [0.717, 1.165) is 21.1 Å². The maximum atomic E-state index is 5.82. The fourth-order valence-electron chi connectivity index (χ4n) is 2.05.